The summed E-state index contributed by atoms with van der Waals surface area (Å²) in [7, 11) is 0. The van der Waals surface area contributed by atoms with E-state index in [4.69, 9.17) is 0 Å². The van der Waals surface area contributed by atoms with Gasteiger partial charge in [0.05, 0.1) is 0 Å². The van der Waals surface area contributed by atoms with Crippen LogP contribution in [0.2, 0.25) is 0 Å². The molecule has 2 aliphatic rings. The average Bonchev–Trinajstić information content (AvgIpc) is 2.39. The van der Waals surface area contributed by atoms with Crippen LogP contribution in [0, 0.1) is 5.92 Å². The van der Waals surface area contributed by atoms with Crippen molar-refractivity contribution in [3.63, 3.8) is 0 Å². The predicted octanol–water partition coefficient (Wildman–Crippen LogP) is 3.71. The van der Waals surface area contributed by atoms with Crippen molar-refractivity contribution in [2.24, 2.45) is 5.92 Å². The molecule has 1 nitrogen and oxygen atoms in total. The number of benzene rings is 1. The van der Waals surface area contributed by atoms with Gasteiger partial charge in [-0.1, -0.05) is 43.5 Å². The highest BCUT2D eigenvalue weighted by molar-refractivity contribution is 5.71. The number of rotatable bonds is 1. The van der Waals surface area contributed by atoms with E-state index in [0.29, 0.717) is 0 Å². The standard InChI is InChI=1S/C15H19N/c1-2-6-12(7-3-1)15-11-16-10-13-8-4-5-9-14(13)15/h4-5,8-9,11-12,16H,1-3,6-7,10H2. The summed E-state index contributed by atoms with van der Waals surface area (Å²) >= 11 is 0. The fourth-order valence-corrected chi connectivity index (χ4v) is 3.06. The Morgan fingerprint density at radius 3 is 2.69 bits per heavy atom. The smallest absolute Gasteiger partial charge is 0.0401 e. The Labute approximate surface area is 97.6 Å². The van der Waals surface area contributed by atoms with E-state index < -0.39 is 0 Å². The van der Waals surface area contributed by atoms with Crippen LogP contribution >= 0.6 is 0 Å². The summed E-state index contributed by atoms with van der Waals surface area (Å²) in [6.07, 6.45) is 9.26. The number of hydrogen-bond donors (Lipinski definition) is 1. The summed E-state index contributed by atoms with van der Waals surface area (Å²) in [5.41, 5.74) is 4.51. The van der Waals surface area contributed by atoms with Gasteiger partial charge in [-0.05, 0) is 35.5 Å². The molecule has 0 bridgehead atoms. The molecular formula is C15H19N. The molecule has 0 amide bonds. The first-order valence-corrected chi connectivity index (χ1v) is 6.47. The van der Waals surface area contributed by atoms with E-state index in [1.807, 2.05) is 0 Å². The molecule has 1 N–H and O–H groups in total. The average molecular weight is 213 g/mol. The van der Waals surface area contributed by atoms with Crippen molar-refractivity contribution in [2.75, 3.05) is 0 Å². The molecule has 0 spiro atoms. The molecule has 1 aromatic carbocycles. The van der Waals surface area contributed by atoms with Crippen LogP contribution in [0.5, 0.6) is 0 Å². The van der Waals surface area contributed by atoms with Gasteiger partial charge >= 0.3 is 0 Å². The summed E-state index contributed by atoms with van der Waals surface area (Å²) < 4.78 is 0. The van der Waals surface area contributed by atoms with Crippen LogP contribution in [0.4, 0.5) is 0 Å². The summed E-state index contributed by atoms with van der Waals surface area (Å²) in [6.45, 7) is 0.992. The minimum atomic E-state index is 0.794. The minimum Gasteiger partial charge on any atom is -0.387 e. The third kappa shape index (κ3) is 1.75. The minimum absolute atomic E-state index is 0.794. The third-order valence-electron chi connectivity index (χ3n) is 3.92. The van der Waals surface area contributed by atoms with E-state index in [2.05, 4.69) is 35.8 Å². The van der Waals surface area contributed by atoms with Crippen molar-refractivity contribution in [1.82, 2.24) is 5.32 Å². The molecule has 84 valence electrons. The summed E-state index contributed by atoms with van der Waals surface area (Å²) in [5.74, 6) is 0.794. The van der Waals surface area contributed by atoms with Crippen LogP contribution in [0.25, 0.3) is 5.57 Å². The zero-order valence-electron chi connectivity index (χ0n) is 9.71. The normalized spacial score (nSPS) is 20.9. The van der Waals surface area contributed by atoms with Gasteiger partial charge in [-0.3, -0.25) is 0 Å². The Hall–Kier alpha value is -1.24. The highest BCUT2D eigenvalue weighted by atomic mass is 14.8. The van der Waals surface area contributed by atoms with Crippen LogP contribution in [0.3, 0.4) is 0 Å². The van der Waals surface area contributed by atoms with E-state index in [-0.39, 0.29) is 0 Å². The Bertz CT molecular complexity index is 400. The Kier molecular flexibility index (Phi) is 2.69. The fraction of sp³-hybridized carbons (Fsp3) is 0.467. The first-order valence-electron chi connectivity index (χ1n) is 6.47. The number of hydrogen-bond acceptors (Lipinski definition) is 1. The first kappa shape index (κ1) is 9.95. The molecule has 16 heavy (non-hydrogen) atoms. The van der Waals surface area contributed by atoms with Crippen LogP contribution in [-0.4, -0.2) is 0 Å². The molecule has 0 atom stereocenters. The fourth-order valence-electron chi connectivity index (χ4n) is 3.06. The van der Waals surface area contributed by atoms with Gasteiger partial charge in [-0.25, -0.2) is 0 Å². The van der Waals surface area contributed by atoms with Gasteiger partial charge in [0.2, 0.25) is 0 Å². The molecule has 0 saturated heterocycles. The van der Waals surface area contributed by atoms with Gasteiger partial charge in [0.1, 0.15) is 0 Å². The zero-order chi connectivity index (χ0) is 10.8. The maximum absolute atomic E-state index is 3.43. The second-order valence-corrected chi connectivity index (χ2v) is 4.97. The van der Waals surface area contributed by atoms with E-state index in [1.165, 1.54) is 43.2 Å². The molecular weight excluding hydrogens is 194 g/mol. The first-order chi connectivity index (χ1) is 7.95. The molecule has 1 saturated carbocycles. The highest BCUT2D eigenvalue weighted by Gasteiger charge is 2.22. The lowest BCUT2D eigenvalue weighted by Gasteiger charge is -2.28. The van der Waals surface area contributed by atoms with Gasteiger partial charge in [-0.15, -0.1) is 0 Å². The maximum atomic E-state index is 3.43. The largest absolute Gasteiger partial charge is 0.387 e. The molecule has 1 heterocycles. The molecule has 1 aliphatic carbocycles. The highest BCUT2D eigenvalue weighted by Crippen LogP contribution is 2.37. The molecule has 1 fully saturated rings. The Morgan fingerprint density at radius 1 is 1.00 bits per heavy atom. The van der Waals surface area contributed by atoms with Crippen LogP contribution < -0.4 is 5.32 Å². The number of nitrogens with one attached hydrogen (secondary N) is 1. The lowest BCUT2D eigenvalue weighted by Crippen LogP contribution is -2.19. The van der Waals surface area contributed by atoms with Crippen molar-refractivity contribution in [1.29, 1.82) is 0 Å². The van der Waals surface area contributed by atoms with Crippen molar-refractivity contribution < 1.29 is 0 Å². The summed E-state index contributed by atoms with van der Waals surface area (Å²) in [5, 5.41) is 3.43. The molecule has 1 aromatic rings. The monoisotopic (exact) mass is 213 g/mol. The molecule has 1 heteroatoms. The summed E-state index contributed by atoms with van der Waals surface area (Å²) in [6, 6.07) is 8.85. The van der Waals surface area contributed by atoms with E-state index in [1.54, 1.807) is 5.57 Å². The second-order valence-electron chi connectivity index (χ2n) is 4.97. The van der Waals surface area contributed by atoms with E-state index in [0.717, 1.165) is 12.5 Å². The molecule has 3 rings (SSSR count). The van der Waals surface area contributed by atoms with Gasteiger partial charge in [-0.2, -0.15) is 0 Å². The van der Waals surface area contributed by atoms with Gasteiger partial charge < -0.3 is 5.32 Å². The van der Waals surface area contributed by atoms with Gasteiger partial charge in [0.15, 0.2) is 0 Å². The number of fused-ring (bicyclic) bond motifs is 1. The SMILES string of the molecule is C1=C(C2CCCCC2)c2ccccc2CN1. The number of allylic oxidation sites excluding steroid dienone is 1. The van der Waals surface area contributed by atoms with Crippen LogP contribution in [0.1, 0.15) is 43.2 Å². The lowest BCUT2D eigenvalue weighted by atomic mass is 9.79. The quantitative estimate of drug-likeness (QED) is 0.750. The van der Waals surface area contributed by atoms with Crippen molar-refractivity contribution >= 4 is 5.57 Å². The van der Waals surface area contributed by atoms with Crippen LogP contribution in [-0.2, 0) is 6.54 Å². The third-order valence-corrected chi connectivity index (χ3v) is 3.92. The van der Waals surface area contributed by atoms with Crippen molar-refractivity contribution in [3.8, 4) is 0 Å². The zero-order valence-corrected chi connectivity index (χ0v) is 9.71. The van der Waals surface area contributed by atoms with Gasteiger partial charge in [0, 0.05) is 12.7 Å². The second kappa shape index (κ2) is 4.32. The van der Waals surface area contributed by atoms with Gasteiger partial charge in [0.25, 0.3) is 0 Å². The predicted molar refractivity (Wildman–Crippen MR) is 67.8 cm³/mol. The van der Waals surface area contributed by atoms with E-state index in [9.17, 15) is 0 Å². The molecule has 0 unspecified atom stereocenters. The lowest BCUT2D eigenvalue weighted by molar-refractivity contribution is 0.427. The van der Waals surface area contributed by atoms with Crippen molar-refractivity contribution in [2.45, 2.75) is 38.6 Å². The molecule has 0 radical (unpaired) electrons. The maximum Gasteiger partial charge on any atom is 0.0401 e. The Morgan fingerprint density at radius 2 is 1.81 bits per heavy atom. The van der Waals surface area contributed by atoms with Crippen molar-refractivity contribution in [3.05, 3.63) is 41.6 Å². The summed E-state index contributed by atoms with van der Waals surface area (Å²) in [4.78, 5) is 0. The molecule has 1 aliphatic heterocycles. The van der Waals surface area contributed by atoms with E-state index >= 15 is 0 Å². The molecule has 0 aromatic heterocycles. The topological polar surface area (TPSA) is 12.0 Å². The van der Waals surface area contributed by atoms with Crippen LogP contribution in [0.15, 0.2) is 30.5 Å². The Balaban J connectivity index is 1.92.